The highest BCUT2D eigenvalue weighted by Gasteiger charge is 2.49. The van der Waals surface area contributed by atoms with Crippen molar-refractivity contribution in [2.45, 2.75) is 31.6 Å². The lowest BCUT2D eigenvalue weighted by molar-refractivity contribution is -0.132. The van der Waals surface area contributed by atoms with E-state index in [1.165, 1.54) is 5.56 Å². The van der Waals surface area contributed by atoms with Gasteiger partial charge in [0.25, 0.3) is 5.91 Å². The Bertz CT molecular complexity index is 1180. The van der Waals surface area contributed by atoms with Gasteiger partial charge in [0.15, 0.2) is 0 Å². The molecule has 3 heterocycles. The van der Waals surface area contributed by atoms with Gasteiger partial charge in [0, 0.05) is 44.5 Å². The number of carbonyl (C=O) groups excluding carboxylic acids is 2. The van der Waals surface area contributed by atoms with Crippen molar-refractivity contribution in [1.29, 1.82) is 0 Å². The van der Waals surface area contributed by atoms with E-state index in [1.807, 2.05) is 64.3 Å². The van der Waals surface area contributed by atoms with Crippen LogP contribution in [0.1, 0.15) is 47.5 Å². The van der Waals surface area contributed by atoms with Gasteiger partial charge in [-0.2, -0.15) is 0 Å². The summed E-state index contributed by atoms with van der Waals surface area (Å²) >= 11 is 0. The van der Waals surface area contributed by atoms with Crippen molar-refractivity contribution in [2.75, 3.05) is 26.2 Å². The van der Waals surface area contributed by atoms with Gasteiger partial charge in [0.1, 0.15) is 0 Å². The first-order chi connectivity index (χ1) is 16.6. The van der Waals surface area contributed by atoms with Crippen molar-refractivity contribution in [3.8, 4) is 5.69 Å². The number of carbonyl (C=O) groups is 2. The maximum Gasteiger partial charge on any atom is 0.255 e. The van der Waals surface area contributed by atoms with Crippen LogP contribution < -0.4 is 0 Å². The van der Waals surface area contributed by atoms with E-state index in [9.17, 15) is 9.59 Å². The van der Waals surface area contributed by atoms with Gasteiger partial charge in [-0.3, -0.25) is 9.59 Å². The molecule has 3 aliphatic rings. The molecule has 1 spiro atoms. The lowest BCUT2D eigenvalue weighted by Gasteiger charge is -2.39. The number of nitrogens with zero attached hydrogens (tertiary/aromatic N) is 3. The van der Waals surface area contributed by atoms with Crippen LogP contribution in [-0.4, -0.2) is 52.4 Å². The minimum Gasteiger partial charge on any atom is -0.342 e. The third kappa shape index (κ3) is 3.83. The van der Waals surface area contributed by atoms with Crippen molar-refractivity contribution >= 4 is 11.8 Å². The summed E-state index contributed by atoms with van der Waals surface area (Å²) < 4.78 is 2.00. The molecule has 174 valence electrons. The molecule has 2 aromatic carbocycles. The highest BCUT2D eigenvalue weighted by Crippen LogP contribution is 2.50. The number of hydrogen-bond acceptors (Lipinski definition) is 2. The molecule has 6 rings (SSSR count). The molecule has 2 aliphatic heterocycles. The van der Waals surface area contributed by atoms with Crippen LogP contribution in [0.2, 0.25) is 0 Å². The zero-order chi connectivity index (χ0) is 23.1. The quantitative estimate of drug-likeness (QED) is 0.573. The summed E-state index contributed by atoms with van der Waals surface area (Å²) in [4.78, 5) is 30.7. The van der Waals surface area contributed by atoms with Gasteiger partial charge in [-0.1, -0.05) is 42.5 Å². The molecule has 1 aromatic heterocycles. The van der Waals surface area contributed by atoms with E-state index >= 15 is 0 Å². The van der Waals surface area contributed by atoms with E-state index in [4.69, 9.17) is 0 Å². The highest BCUT2D eigenvalue weighted by atomic mass is 16.2. The smallest absolute Gasteiger partial charge is 0.255 e. The highest BCUT2D eigenvalue weighted by molar-refractivity contribution is 5.98. The molecule has 1 saturated carbocycles. The van der Waals surface area contributed by atoms with Crippen molar-refractivity contribution in [3.63, 3.8) is 0 Å². The molecular formula is C29H31N3O2. The zero-order valence-corrected chi connectivity index (χ0v) is 19.5. The fourth-order valence-corrected chi connectivity index (χ4v) is 6.03. The van der Waals surface area contributed by atoms with Crippen LogP contribution in [0.4, 0.5) is 0 Å². The second-order valence-corrected chi connectivity index (χ2v) is 10.3. The Morgan fingerprint density at radius 1 is 0.765 bits per heavy atom. The Hall–Kier alpha value is -3.34. The van der Waals surface area contributed by atoms with Crippen LogP contribution in [0.25, 0.3) is 5.69 Å². The molecule has 0 bridgehead atoms. The predicted octanol–water partition coefficient (Wildman–Crippen LogP) is 4.74. The number of para-hydroxylation sites is 1. The molecule has 2 amide bonds. The number of rotatable bonds is 4. The molecule has 0 N–H and O–H groups in total. The second-order valence-electron chi connectivity index (χ2n) is 10.3. The Kier molecular flexibility index (Phi) is 5.28. The molecule has 3 fully saturated rings. The van der Waals surface area contributed by atoms with Crippen LogP contribution >= 0.6 is 0 Å². The monoisotopic (exact) mass is 453 g/mol. The maximum atomic E-state index is 13.4. The molecule has 0 unspecified atom stereocenters. The summed E-state index contributed by atoms with van der Waals surface area (Å²) in [5, 5.41) is 0. The van der Waals surface area contributed by atoms with Gasteiger partial charge in [-0.15, -0.1) is 0 Å². The van der Waals surface area contributed by atoms with Crippen molar-refractivity contribution in [1.82, 2.24) is 14.4 Å². The lowest BCUT2D eigenvalue weighted by atomic mass is 9.77. The van der Waals surface area contributed by atoms with Crippen LogP contribution in [0.5, 0.6) is 0 Å². The van der Waals surface area contributed by atoms with E-state index < -0.39 is 0 Å². The average molecular weight is 454 g/mol. The largest absolute Gasteiger partial charge is 0.342 e. The Balaban J connectivity index is 1.08. The number of piperidine rings is 1. The van der Waals surface area contributed by atoms with Crippen molar-refractivity contribution in [2.24, 2.45) is 11.3 Å². The molecule has 3 aromatic rings. The molecule has 5 heteroatoms. The Labute approximate surface area is 201 Å². The third-order valence-corrected chi connectivity index (χ3v) is 8.21. The van der Waals surface area contributed by atoms with Gasteiger partial charge < -0.3 is 14.4 Å². The molecule has 5 nitrogen and oxygen atoms in total. The van der Waals surface area contributed by atoms with E-state index in [2.05, 4.69) is 29.2 Å². The van der Waals surface area contributed by atoms with Gasteiger partial charge in [0.2, 0.25) is 5.91 Å². The fraction of sp³-hybridized carbons (Fsp3) is 0.379. The second kappa shape index (κ2) is 8.46. The lowest BCUT2D eigenvalue weighted by Crippen LogP contribution is -2.45. The maximum absolute atomic E-state index is 13.4. The number of aromatic nitrogens is 1. The van der Waals surface area contributed by atoms with E-state index in [-0.39, 0.29) is 17.2 Å². The Morgan fingerprint density at radius 3 is 2.15 bits per heavy atom. The van der Waals surface area contributed by atoms with Gasteiger partial charge in [-0.25, -0.2) is 0 Å². The molecule has 1 aliphatic carbocycles. The first kappa shape index (κ1) is 21.2. The zero-order valence-electron chi connectivity index (χ0n) is 19.5. The average Bonchev–Trinajstić information content (AvgIpc) is 3.29. The number of hydrogen-bond donors (Lipinski definition) is 0. The fourth-order valence-electron chi connectivity index (χ4n) is 6.03. The summed E-state index contributed by atoms with van der Waals surface area (Å²) in [7, 11) is 0. The summed E-state index contributed by atoms with van der Waals surface area (Å²) in [6.45, 7) is 3.24. The first-order valence-electron chi connectivity index (χ1n) is 12.5. The van der Waals surface area contributed by atoms with Crippen LogP contribution in [0.15, 0.2) is 79.1 Å². The summed E-state index contributed by atoms with van der Waals surface area (Å²) in [6.07, 6.45) is 7.94. The normalized spacial score (nSPS) is 23.3. The van der Waals surface area contributed by atoms with Crippen LogP contribution in [0, 0.1) is 11.3 Å². The van der Waals surface area contributed by atoms with E-state index in [1.54, 1.807) is 0 Å². The van der Waals surface area contributed by atoms with Crippen LogP contribution in [0.3, 0.4) is 0 Å². The summed E-state index contributed by atoms with van der Waals surface area (Å²) in [6, 6.07) is 22.2. The van der Waals surface area contributed by atoms with E-state index in [0.29, 0.717) is 11.8 Å². The topological polar surface area (TPSA) is 45.6 Å². The first-order valence-corrected chi connectivity index (χ1v) is 12.5. The minimum absolute atomic E-state index is 0.105. The molecular weight excluding hydrogens is 422 g/mol. The summed E-state index contributed by atoms with van der Waals surface area (Å²) in [5.74, 6) is 0.994. The summed E-state index contributed by atoms with van der Waals surface area (Å²) in [5.41, 5.74) is 3.14. The van der Waals surface area contributed by atoms with Gasteiger partial charge in [-0.05, 0) is 66.8 Å². The standard InChI is InChI=1S/C29H31N3O2/c33-27(23-10-4-5-11-26(23)30-15-6-7-16-30)31-17-12-29(13-18-31)14-19-32(21-29)28(34)25-20-24(25)22-8-2-1-3-9-22/h1-11,15-16,24-25H,12-14,17-21H2/t24-,25+/m0/s1. The Morgan fingerprint density at radius 2 is 1.41 bits per heavy atom. The van der Waals surface area contributed by atoms with Crippen molar-refractivity contribution in [3.05, 3.63) is 90.3 Å². The molecule has 2 saturated heterocycles. The van der Waals surface area contributed by atoms with E-state index in [0.717, 1.165) is 63.1 Å². The molecule has 34 heavy (non-hydrogen) atoms. The third-order valence-electron chi connectivity index (χ3n) is 8.21. The number of amides is 2. The predicted molar refractivity (Wildman–Crippen MR) is 132 cm³/mol. The molecule has 2 atom stereocenters. The van der Waals surface area contributed by atoms with Gasteiger partial charge in [0.05, 0.1) is 11.3 Å². The van der Waals surface area contributed by atoms with Crippen LogP contribution in [-0.2, 0) is 4.79 Å². The molecule has 0 radical (unpaired) electrons. The SMILES string of the molecule is O=C(c1ccccc1-n1cccc1)N1CCC2(CC1)CCN(C(=O)[C@@H]1C[C@H]1c1ccccc1)C2. The number of benzene rings is 2. The van der Waals surface area contributed by atoms with Gasteiger partial charge >= 0.3 is 0 Å². The number of likely N-dealkylation sites (tertiary alicyclic amines) is 2. The minimum atomic E-state index is 0.105. The van der Waals surface area contributed by atoms with Crippen molar-refractivity contribution < 1.29 is 9.59 Å².